The lowest BCUT2D eigenvalue weighted by Crippen LogP contribution is -2.34. The Kier molecular flexibility index (Phi) is 3.56. The smallest absolute Gasteiger partial charge is 0.246 e. The monoisotopic (exact) mass is 270 g/mol. The van der Waals surface area contributed by atoms with E-state index in [1.807, 2.05) is 36.4 Å². The van der Waals surface area contributed by atoms with Crippen LogP contribution in [-0.4, -0.2) is 11.9 Å². The van der Waals surface area contributed by atoms with Crippen molar-refractivity contribution in [1.29, 1.82) is 0 Å². The molecule has 4 nitrogen and oxygen atoms in total. The van der Waals surface area contributed by atoms with E-state index in [0.717, 1.165) is 29.9 Å². The minimum atomic E-state index is -0.252. The molecule has 0 saturated heterocycles. The quantitative estimate of drug-likeness (QED) is 0.878. The predicted molar refractivity (Wildman–Crippen MR) is 77.4 cm³/mol. The molecule has 0 bridgehead atoms. The van der Waals surface area contributed by atoms with Gasteiger partial charge in [0.1, 0.15) is 11.8 Å². The standard InChI is InChI=1S/C16H18N2O2/c1-11(8-9-12-5-4-10-20-12)17-15-13-6-2-3-7-14(13)18-16(15)19/h2-7,10-11,15,17H,8-9H2,1H3,(H,18,19). The zero-order valence-corrected chi connectivity index (χ0v) is 11.4. The lowest BCUT2D eigenvalue weighted by atomic mass is 10.1. The summed E-state index contributed by atoms with van der Waals surface area (Å²) in [6, 6.07) is 11.7. The van der Waals surface area contributed by atoms with Crippen LogP contribution in [0.5, 0.6) is 0 Å². The van der Waals surface area contributed by atoms with Gasteiger partial charge in [0.2, 0.25) is 5.91 Å². The van der Waals surface area contributed by atoms with Crippen molar-refractivity contribution in [2.75, 3.05) is 5.32 Å². The van der Waals surface area contributed by atoms with E-state index in [9.17, 15) is 4.79 Å². The molecule has 2 aromatic rings. The highest BCUT2D eigenvalue weighted by molar-refractivity contribution is 6.02. The molecule has 2 unspecified atom stereocenters. The predicted octanol–water partition coefficient (Wildman–Crippen LogP) is 2.88. The number of aryl methyl sites for hydroxylation is 1. The molecule has 4 heteroatoms. The number of nitrogens with one attached hydrogen (secondary N) is 2. The van der Waals surface area contributed by atoms with E-state index in [0.29, 0.717) is 0 Å². The lowest BCUT2D eigenvalue weighted by Gasteiger charge is -2.18. The summed E-state index contributed by atoms with van der Waals surface area (Å²) >= 11 is 0. The zero-order chi connectivity index (χ0) is 13.9. The van der Waals surface area contributed by atoms with Crippen molar-refractivity contribution in [3.05, 3.63) is 54.0 Å². The molecule has 1 aromatic heterocycles. The van der Waals surface area contributed by atoms with Gasteiger partial charge in [-0.25, -0.2) is 0 Å². The number of amides is 1. The Hall–Kier alpha value is -2.07. The maximum atomic E-state index is 12.0. The third kappa shape index (κ3) is 2.60. The van der Waals surface area contributed by atoms with Crippen LogP contribution in [0.25, 0.3) is 0 Å². The highest BCUT2D eigenvalue weighted by atomic mass is 16.3. The van der Waals surface area contributed by atoms with Crippen LogP contribution in [0.1, 0.15) is 30.7 Å². The first-order chi connectivity index (χ1) is 9.74. The minimum absolute atomic E-state index is 0.0241. The van der Waals surface area contributed by atoms with E-state index in [-0.39, 0.29) is 18.0 Å². The third-order valence-electron chi connectivity index (χ3n) is 3.65. The van der Waals surface area contributed by atoms with Gasteiger partial charge in [-0.1, -0.05) is 18.2 Å². The summed E-state index contributed by atoms with van der Waals surface area (Å²) in [4.78, 5) is 12.0. The molecule has 0 fully saturated rings. The topological polar surface area (TPSA) is 54.3 Å². The highest BCUT2D eigenvalue weighted by Crippen LogP contribution is 2.30. The molecule has 2 heterocycles. The Morgan fingerprint density at radius 2 is 2.15 bits per heavy atom. The van der Waals surface area contributed by atoms with E-state index in [4.69, 9.17) is 4.42 Å². The van der Waals surface area contributed by atoms with Crippen molar-refractivity contribution >= 4 is 11.6 Å². The van der Waals surface area contributed by atoms with Crippen molar-refractivity contribution in [1.82, 2.24) is 5.32 Å². The van der Waals surface area contributed by atoms with Gasteiger partial charge in [-0.2, -0.15) is 0 Å². The summed E-state index contributed by atoms with van der Waals surface area (Å²) in [5, 5.41) is 6.30. The summed E-state index contributed by atoms with van der Waals surface area (Å²) < 4.78 is 5.32. The summed E-state index contributed by atoms with van der Waals surface area (Å²) in [7, 11) is 0. The molecule has 20 heavy (non-hydrogen) atoms. The average Bonchev–Trinajstić information content (AvgIpc) is 3.06. The van der Waals surface area contributed by atoms with E-state index in [1.165, 1.54) is 0 Å². The molecule has 3 rings (SSSR count). The van der Waals surface area contributed by atoms with E-state index in [1.54, 1.807) is 6.26 Å². The number of para-hydroxylation sites is 1. The first-order valence-corrected chi connectivity index (χ1v) is 6.92. The number of fused-ring (bicyclic) bond motifs is 1. The van der Waals surface area contributed by atoms with Crippen molar-refractivity contribution in [2.45, 2.75) is 31.8 Å². The summed E-state index contributed by atoms with van der Waals surface area (Å²) in [5.41, 5.74) is 1.94. The van der Waals surface area contributed by atoms with Crippen LogP contribution in [0, 0.1) is 0 Å². The summed E-state index contributed by atoms with van der Waals surface area (Å²) in [6.07, 6.45) is 3.49. The number of benzene rings is 1. The molecule has 1 aliphatic heterocycles. The van der Waals surface area contributed by atoms with Gasteiger partial charge in [0.25, 0.3) is 0 Å². The van der Waals surface area contributed by atoms with Gasteiger partial charge in [0, 0.05) is 23.7 Å². The Morgan fingerprint density at radius 3 is 2.95 bits per heavy atom. The number of carbonyl (C=O) groups is 1. The van der Waals surface area contributed by atoms with E-state index in [2.05, 4.69) is 17.6 Å². The van der Waals surface area contributed by atoms with Crippen LogP contribution in [0.3, 0.4) is 0 Å². The molecule has 104 valence electrons. The summed E-state index contributed by atoms with van der Waals surface area (Å²) in [6.45, 7) is 2.09. The van der Waals surface area contributed by atoms with Gasteiger partial charge in [0.05, 0.1) is 6.26 Å². The van der Waals surface area contributed by atoms with E-state index >= 15 is 0 Å². The van der Waals surface area contributed by atoms with Crippen LogP contribution >= 0.6 is 0 Å². The van der Waals surface area contributed by atoms with Crippen molar-refractivity contribution < 1.29 is 9.21 Å². The fraction of sp³-hybridized carbons (Fsp3) is 0.312. The molecule has 0 radical (unpaired) electrons. The second kappa shape index (κ2) is 5.51. The van der Waals surface area contributed by atoms with Crippen molar-refractivity contribution in [3.63, 3.8) is 0 Å². The number of furan rings is 1. The number of anilines is 1. The van der Waals surface area contributed by atoms with Gasteiger partial charge in [-0.15, -0.1) is 0 Å². The number of carbonyl (C=O) groups excluding carboxylic acids is 1. The highest BCUT2D eigenvalue weighted by Gasteiger charge is 2.30. The average molecular weight is 270 g/mol. The fourth-order valence-electron chi connectivity index (χ4n) is 2.56. The normalized spacial score (nSPS) is 18.6. The Balaban J connectivity index is 1.61. The zero-order valence-electron chi connectivity index (χ0n) is 11.4. The van der Waals surface area contributed by atoms with Crippen LogP contribution < -0.4 is 10.6 Å². The first kappa shape index (κ1) is 12.9. The Morgan fingerprint density at radius 1 is 1.30 bits per heavy atom. The van der Waals surface area contributed by atoms with Crippen LogP contribution in [0.4, 0.5) is 5.69 Å². The molecule has 1 aliphatic rings. The SMILES string of the molecule is CC(CCc1ccco1)NC1C(=O)Nc2ccccc21. The molecule has 2 N–H and O–H groups in total. The maximum Gasteiger partial charge on any atom is 0.246 e. The van der Waals surface area contributed by atoms with Crippen LogP contribution in [0.2, 0.25) is 0 Å². The number of rotatable bonds is 5. The first-order valence-electron chi connectivity index (χ1n) is 6.92. The van der Waals surface area contributed by atoms with E-state index < -0.39 is 0 Å². The summed E-state index contributed by atoms with van der Waals surface area (Å²) in [5.74, 6) is 1.01. The Bertz CT molecular complexity index is 592. The van der Waals surface area contributed by atoms with Gasteiger partial charge in [0.15, 0.2) is 0 Å². The van der Waals surface area contributed by atoms with Crippen molar-refractivity contribution in [3.8, 4) is 0 Å². The largest absolute Gasteiger partial charge is 0.469 e. The van der Waals surface area contributed by atoms with Gasteiger partial charge < -0.3 is 9.73 Å². The maximum absolute atomic E-state index is 12.0. The molecule has 2 atom stereocenters. The molecular formula is C16H18N2O2. The van der Waals surface area contributed by atoms with Crippen LogP contribution in [0.15, 0.2) is 47.1 Å². The van der Waals surface area contributed by atoms with Gasteiger partial charge in [-0.3, -0.25) is 10.1 Å². The molecule has 1 aromatic carbocycles. The minimum Gasteiger partial charge on any atom is -0.469 e. The molecule has 0 aliphatic carbocycles. The fourth-order valence-corrected chi connectivity index (χ4v) is 2.56. The third-order valence-corrected chi connectivity index (χ3v) is 3.65. The molecule has 0 spiro atoms. The van der Waals surface area contributed by atoms with Gasteiger partial charge >= 0.3 is 0 Å². The lowest BCUT2D eigenvalue weighted by molar-refractivity contribution is -0.117. The van der Waals surface area contributed by atoms with Crippen molar-refractivity contribution in [2.24, 2.45) is 0 Å². The second-order valence-electron chi connectivity index (χ2n) is 5.20. The van der Waals surface area contributed by atoms with Gasteiger partial charge in [-0.05, 0) is 31.5 Å². The molecule has 0 saturated carbocycles. The molecule has 1 amide bonds. The number of hydrogen-bond donors (Lipinski definition) is 2. The number of hydrogen-bond acceptors (Lipinski definition) is 3. The molecular weight excluding hydrogens is 252 g/mol. The van der Waals surface area contributed by atoms with Crippen LogP contribution in [-0.2, 0) is 11.2 Å². The second-order valence-corrected chi connectivity index (χ2v) is 5.20. The Labute approximate surface area is 118 Å².